The molecular formula is C9H9F3N4S. The first-order valence-electron chi connectivity index (χ1n) is 4.44. The summed E-state index contributed by atoms with van der Waals surface area (Å²) in [5.74, 6) is 0.0573. The van der Waals surface area contributed by atoms with Crippen molar-refractivity contribution in [2.75, 3.05) is 11.6 Å². The number of nitrogens with one attached hydrogen (secondary N) is 2. The molecule has 0 spiro atoms. The minimum atomic E-state index is -4.41. The second-order valence-electron chi connectivity index (χ2n) is 2.94. The van der Waals surface area contributed by atoms with Gasteiger partial charge in [0.25, 0.3) is 0 Å². The van der Waals surface area contributed by atoms with E-state index in [1.54, 1.807) is 12.4 Å². The lowest BCUT2D eigenvalue weighted by Crippen LogP contribution is -2.29. The number of anilines is 1. The monoisotopic (exact) mass is 262 g/mol. The van der Waals surface area contributed by atoms with E-state index in [1.807, 2.05) is 0 Å². The molecule has 0 aliphatic carbocycles. The molecule has 1 atom stereocenters. The number of nitriles is 1. The van der Waals surface area contributed by atoms with Crippen LogP contribution in [0.1, 0.15) is 5.56 Å². The molecule has 1 aromatic rings. The fraction of sp³-hybridized carbons (Fsp3) is 0.333. The lowest BCUT2D eigenvalue weighted by Gasteiger charge is -2.15. The molecule has 4 nitrogen and oxygen atoms in total. The summed E-state index contributed by atoms with van der Waals surface area (Å²) in [5.41, 5.74) is -1.30. The predicted octanol–water partition coefficient (Wildman–Crippen LogP) is 2.23. The average molecular weight is 262 g/mol. The van der Waals surface area contributed by atoms with Crippen molar-refractivity contribution in [3.63, 3.8) is 0 Å². The van der Waals surface area contributed by atoms with Crippen molar-refractivity contribution >= 4 is 17.6 Å². The molecular weight excluding hydrogens is 253 g/mol. The first kappa shape index (κ1) is 13.4. The van der Waals surface area contributed by atoms with E-state index < -0.39 is 17.2 Å². The zero-order valence-electron chi connectivity index (χ0n) is 8.75. The van der Waals surface area contributed by atoms with Gasteiger partial charge in [0, 0.05) is 6.20 Å². The van der Waals surface area contributed by atoms with Gasteiger partial charge in [0.2, 0.25) is 0 Å². The molecule has 0 fully saturated rings. The van der Waals surface area contributed by atoms with Crippen molar-refractivity contribution in [2.45, 2.75) is 11.7 Å². The van der Waals surface area contributed by atoms with Gasteiger partial charge in [-0.25, -0.2) is 4.98 Å². The molecule has 0 bridgehead atoms. The van der Waals surface area contributed by atoms with Crippen molar-refractivity contribution in [1.82, 2.24) is 10.3 Å². The second-order valence-corrected chi connectivity index (χ2v) is 3.89. The topological polar surface area (TPSA) is 60.7 Å². The molecule has 92 valence electrons. The van der Waals surface area contributed by atoms with Crippen molar-refractivity contribution in [3.05, 3.63) is 23.9 Å². The summed E-state index contributed by atoms with van der Waals surface area (Å²) >= 11 is 1.24. The van der Waals surface area contributed by atoms with E-state index >= 15 is 0 Å². The van der Waals surface area contributed by atoms with Gasteiger partial charge >= 0.3 is 6.18 Å². The minimum Gasteiger partial charge on any atom is -0.341 e. The van der Waals surface area contributed by atoms with E-state index in [9.17, 15) is 13.2 Å². The third kappa shape index (κ3) is 4.03. The van der Waals surface area contributed by atoms with Gasteiger partial charge in [-0.15, -0.1) is 11.8 Å². The smallest absolute Gasteiger partial charge is 0.341 e. The zero-order chi connectivity index (χ0) is 12.9. The Morgan fingerprint density at radius 2 is 2.24 bits per heavy atom. The number of nitrogens with zero attached hydrogens (tertiary/aromatic N) is 2. The molecule has 0 aliphatic rings. The Morgan fingerprint density at radius 1 is 1.53 bits per heavy atom. The van der Waals surface area contributed by atoms with Crippen molar-refractivity contribution in [3.8, 4) is 6.19 Å². The van der Waals surface area contributed by atoms with Crippen LogP contribution >= 0.6 is 11.8 Å². The molecule has 0 amide bonds. The molecule has 8 heteroatoms. The standard InChI is InChI=1S/C9H9F3N4S/c1-17-8(15-5-13)16-7-4-6(2-3-14-7)9(10,11)12/h2-4,8,15H,1H3,(H,14,16). The molecule has 0 aliphatic heterocycles. The van der Waals surface area contributed by atoms with Gasteiger partial charge in [-0.1, -0.05) is 0 Å². The summed E-state index contributed by atoms with van der Waals surface area (Å²) in [4.78, 5) is 3.75. The highest BCUT2D eigenvalue weighted by atomic mass is 32.2. The number of rotatable bonds is 4. The van der Waals surface area contributed by atoms with E-state index in [4.69, 9.17) is 5.26 Å². The van der Waals surface area contributed by atoms with Crippen LogP contribution in [0.15, 0.2) is 18.3 Å². The third-order valence-corrected chi connectivity index (χ3v) is 2.50. The number of halogens is 3. The Morgan fingerprint density at radius 3 is 2.76 bits per heavy atom. The summed E-state index contributed by atoms with van der Waals surface area (Å²) in [6.07, 6.45) is 0.0630. The Balaban J connectivity index is 2.82. The van der Waals surface area contributed by atoms with Gasteiger partial charge < -0.3 is 5.32 Å². The SMILES string of the molecule is CSC(NC#N)Nc1cc(C(F)(F)F)ccn1. The van der Waals surface area contributed by atoms with Gasteiger partial charge in [0.05, 0.1) is 5.56 Å². The number of thioether (sulfide) groups is 1. The number of alkyl halides is 3. The van der Waals surface area contributed by atoms with Crippen LogP contribution in [0.4, 0.5) is 19.0 Å². The van der Waals surface area contributed by atoms with Crippen LogP contribution < -0.4 is 10.6 Å². The second kappa shape index (κ2) is 5.63. The van der Waals surface area contributed by atoms with E-state index in [1.165, 1.54) is 11.8 Å². The van der Waals surface area contributed by atoms with Gasteiger partial charge in [-0.2, -0.15) is 18.4 Å². The Hall–Kier alpha value is -1.62. The molecule has 17 heavy (non-hydrogen) atoms. The van der Waals surface area contributed by atoms with Crippen LogP contribution in [-0.2, 0) is 6.18 Å². The van der Waals surface area contributed by atoms with Crippen LogP contribution in [0, 0.1) is 11.5 Å². The van der Waals surface area contributed by atoms with Crippen molar-refractivity contribution in [2.24, 2.45) is 0 Å². The summed E-state index contributed by atoms with van der Waals surface area (Å²) in [6, 6.07) is 1.78. The highest BCUT2D eigenvalue weighted by molar-refractivity contribution is 7.99. The fourth-order valence-corrected chi connectivity index (χ4v) is 1.44. The maximum Gasteiger partial charge on any atom is 0.416 e. The highest BCUT2D eigenvalue weighted by Gasteiger charge is 2.30. The molecule has 1 heterocycles. The molecule has 0 radical (unpaired) electrons. The first-order valence-corrected chi connectivity index (χ1v) is 5.73. The molecule has 1 aromatic heterocycles. The van der Waals surface area contributed by atoms with E-state index in [-0.39, 0.29) is 5.82 Å². The quantitative estimate of drug-likeness (QED) is 0.495. The van der Waals surface area contributed by atoms with Gasteiger partial charge in [0.15, 0.2) is 11.7 Å². The van der Waals surface area contributed by atoms with Gasteiger partial charge in [-0.05, 0) is 18.4 Å². The summed E-state index contributed by atoms with van der Waals surface area (Å²) in [7, 11) is 0. The Bertz CT molecular complexity index is 415. The maximum atomic E-state index is 12.4. The van der Waals surface area contributed by atoms with Crippen molar-refractivity contribution in [1.29, 1.82) is 5.26 Å². The van der Waals surface area contributed by atoms with Gasteiger partial charge in [0.1, 0.15) is 5.82 Å². The largest absolute Gasteiger partial charge is 0.416 e. The number of pyridine rings is 1. The van der Waals surface area contributed by atoms with Crippen LogP contribution in [0.3, 0.4) is 0 Å². The lowest BCUT2D eigenvalue weighted by molar-refractivity contribution is -0.137. The fourth-order valence-electron chi connectivity index (χ4n) is 1.03. The number of hydrogen-bond acceptors (Lipinski definition) is 5. The Kier molecular flexibility index (Phi) is 4.45. The van der Waals surface area contributed by atoms with Crippen LogP contribution in [0.5, 0.6) is 0 Å². The van der Waals surface area contributed by atoms with Crippen LogP contribution in [-0.4, -0.2) is 16.7 Å². The van der Waals surface area contributed by atoms with Gasteiger partial charge in [-0.3, -0.25) is 5.32 Å². The summed E-state index contributed by atoms with van der Waals surface area (Å²) in [5, 5.41) is 13.5. The van der Waals surface area contributed by atoms with E-state index in [0.717, 1.165) is 18.3 Å². The maximum absolute atomic E-state index is 12.4. The summed E-state index contributed by atoms with van der Waals surface area (Å²) < 4.78 is 37.2. The zero-order valence-corrected chi connectivity index (χ0v) is 9.56. The molecule has 0 saturated carbocycles. The third-order valence-electron chi connectivity index (χ3n) is 1.80. The number of aromatic nitrogens is 1. The van der Waals surface area contributed by atoms with Crippen molar-refractivity contribution < 1.29 is 13.2 Å². The molecule has 0 saturated heterocycles. The lowest BCUT2D eigenvalue weighted by atomic mass is 10.2. The molecule has 1 rings (SSSR count). The van der Waals surface area contributed by atoms with Crippen LogP contribution in [0.2, 0.25) is 0 Å². The van der Waals surface area contributed by atoms with Crippen LogP contribution in [0.25, 0.3) is 0 Å². The highest BCUT2D eigenvalue weighted by Crippen LogP contribution is 2.30. The predicted molar refractivity (Wildman–Crippen MR) is 58.9 cm³/mol. The van der Waals surface area contributed by atoms with E-state index in [2.05, 4.69) is 15.6 Å². The normalized spacial score (nSPS) is 12.6. The average Bonchev–Trinajstić information content (AvgIpc) is 2.28. The minimum absolute atomic E-state index is 0.0573. The molecule has 2 N–H and O–H groups in total. The summed E-state index contributed by atoms with van der Waals surface area (Å²) in [6.45, 7) is 0. The molecule has 0 aromatic carbocycles. The Labute approximate surface area is 100 Å². The molecule has 1 unspecified atom stereocenters. The number of hydrogen-bond donors (Lipinski definition) is 2. The first-order chi connectivity index (χ1) is 7.97. The van der Waals surface area contributed by atoms with E-state index in [0.29, 0.717) is 0 Å².